The molecule has 0 saturated carbocycles. The Morgan fingerprint density at radius 3 is 3.00 bits per heavy atom. The lowest BCUT2D eigenvalue weighted by atomic mass is 10.8. The fourth-order valence-corrected chi connectivity index (χ4v) is 0. The van der Waals surface area contributed by atoms with Gasteiger partial charge in [-0.1, -0.05) is 0 Å². The topological polar surface area (TPSA) is 55.1 Å². The predicted octanol–water partition coefficient (Wildman–Crippen LogP) is -1.00. The van der Waals surface area contributed by atoms with Crippen molar-refractivity contribution in [2.45, 2.75) is 6.90 Å². The summed E-state index contributed by atoms with van der Waals surface area (Å²) in [6.07, 6.45) is 0. The quantitative estimate of drug-likeness (QED) is 0.220. The Balaban J connectivity index is 2.99. The van der Waals surface area contributed by atoms with Gasteiger partial charge in [0.05, 0.1) is 0 Å². The summed E-state index contributed by atoms with van der Waals surface area (Å²) in [5.74, 6) is 4.10. The number of nitrogens with one attached hydrogen (secondary N) is 1. The summed E-state index contributed by atoms with van der Waals surface area (Å²) in [5.41, 5.74) is 1.79. The third-order valence-corrected chi connectivity index (χ3v) is 0.161. The van der Waals surface area contributed by atoms with Gasteiger partial charge in [-0.25, -0.2) is 5.84 Å². The lowest BCUT2D eigenvalue weighted by Gasteiger charge is -1.80. The second kappa shape index (κ2) is 1.72. The first-order chi connectivity index (χ1) is 2.81. The van der Waals surface area contributed by atoms with E-state index in [2.05, 4.69) is 5.84 Å². The molecule has 0 radical (unpaired) electrons. The Morgan fingerprint density at radius 2 is 3.00 bits per heavy atom. The van der Waals surface area contributed by atoms with Gasteiger partial charge in [0.25, 0.3) is 0 Å². The van der Waals surface area contributed by atoms with Gasteiger partial charge in [0, 0.05) is 8.27 Å². The molecule has 3 N–H and O–H groups in total. The van der Waals surface area contributed by atoms with E-state index >= 15 is 0 Å². The molecule has 0 fully saturated rings. The first kappa shape index (κ1) is 2.66. The highest BCUT2D eigenvalue weighted by molar-refractivity contribution is 5.71. The average molecular weight is 75.1 g/mol. The molecule has 0 aromatic heterocycles. The van der Waals surface area contributed by atoms with Crippen LogP contribution < -0.4 is 11.3 Å². The van der Waals surface area contributed by atoms with Crippen molar-refractivity contribution in [3.05, 3.63) is 0 Å². The third kappa shape index (κ3) is 3.43. The maximum atomic E-state index is 9.76. The zero-order valence-corrected chi connectivity index (χ0v) is 2.69. The molecule has 0 saturated heterocycles. The van der Waals surface area contributed by atoms with E-state index < -0.39 is 5.91 Å². The van der Waals surface area contributed by atoms with Crippen LogP contribution in [0.2, 0.25) is 0 Å². The van der Waals surface area contributed by atoms with Crippen molar-refractivity contribution >= 4 is 5.91 Å². The molecule has 1 amide bonds. The Labute approximate surface area is 31.5 Å². The van der Waals surface area contributed by atoms with Crippen molar-refractivity contribution < 1.29 is 6.17 Å². The van der Waals surface area contributed by atoms with Crippen LogP contribution in [0.25, 0.3) is 0 Å². The minimum Gasteiger partial charge on any atom is -0.295 e. The van der Waals surface area contributed by atoms with Crippen LogP contribution in [0.1, 0.15) is 8.27 Å². The second-order valence-corrected chi connectivity index (χ2v) is 0.568. The highest BCUT2D eigenvalue weighted by atomic mass is 16.2. The summed E-state index contributed by atoms with van der Waals surface area (Å²) in [5, 5.41) is 0. The van der Waals surface area contributed by atoms with Crippen LogP contribution in [-0.4, -0.2) is 5.91 Å². The molecule has 0 unspecified atom stereocenters. The molecule has 3 nitrogen and oxygen atoms in total. The number of amides is 1. The molecule has 0 aliphatic heterocycles. The monoisotopic (exact) mass is 75.1 g/mol. The molecule has 0 spiro atoms. The van der Waals surface area contributed by atoms with E-state index in [1.165, 1.54) is 0 Å². The van der Waals surface area contributed by atoms with Gasteiger partial charge in [0.1, 0.15) is 0 Å². The van der Waals surface area contributed by atoms with Gasteiger partial charge in [-0.05, 0) is 0 Å². The molecule has 0 aliphatic rings. The van der Waals surface area contributed by atoms with Crippen molar-refractivity contribution in [2.75, 3.05) is 0 Å². The fourth-order valence-electron chi connectivity index (χ4n) is 0. The van der Waals surface area contributed by atoms with Gasteiger partial charge in [-0.3, -0.25) is 10.2 Å². The number of nitrogens with two attached hydrogens (primary N) is 1. The highest BCUT2D eigenvalue weighted by Crippen LogP contribution is 1.41. The molecule has 0 heterocycles. The summed E-state index contributed by atoms with van der Waals surface area (Å²) >= 11 is 0. The molecule has 30 valence electrons. The minimum atomic E-state index is -0.463. The van der Waals surface area contributed by atoms with E-state index in [0.29, 0.717) is 0 Å². The first-order valence-corrected chi connectivity index (χ1v) is 1.10. The van der Waals surface area contributed by atoms with Gasteiger partial charge < -0.3 is 0 Å². The highest BCUT2D eigenvalue weighted by Gasteiger charge is 1.73. The van der Waals surface area contributed by atoms with Crippen LogP contribution in [0.3, 0.4) is 0 Å². The average Bonchev–Trinajstić information content (AvgIpc) is 1.65. The second-order valence-electron chi connectivity index (χ2n) is 0.568. The van der Waals surface area contributed by atoms with Crippen LogP contribution in [0, 0.1) is 0 Å². The Kier molecular flexibility index (Phi) is 0.914. The normalized spacial score (nSPS) is 9.40. The third-order valence-electron chi connectivity index (χ3n) is 0.161. The largest absolute Gasteiger partial charge is 0.295 e. The van der Waals surface area contributed by atoms with E-state index in [1.807, 2.05) is 0 Å². The van der Waals surface area contributed by atoms with Gasteiger partial charge in [0.2, 0.25) is 5.91 Å². The van der Waals surface area contributed by atoms with Crippen LogP contribution >= 0.6 is 0 Å². The predicted molar refractivity (Wildman–Crippen MR) is 18.0 cm³/mol. The van der Waals surface area contributed by atoms with Crippen molar-refractivity contribution in [3.8, 4) is 0 Å². The Bertz CT molecular complexity index is 49.5. The molecule has 5 heavy (non-hydrogen) atoms. The van der Waals surface area contributed by atoms with Crippen LogP contribution in [-0.2, 0) is 4.79 Å². The van der Waals surface area contributed by atoms with Crippen molar-refractivity contribution in [2.24, 2.45) is 5.84 Å². The summed E-state index contributed by atoms with van der Waals surface area (Å²) in [6, 6.07) is 0. The number of hydrogen-bond donors (Lipinski definition) is 2. The molecule has 3 heteroatoms. The molecule has 0 aromatic carbocycles. The molecular formula is C2H6N2O. The number of hydrazine groups is 1. The van der Waals surface area contributed by atoms with Gasteiger partial charge >= 0.3 is 0 Å². The number of carbonyl (C=O) groups excluding carboxylic acids is 1. The zero-order valence-electron chi connectivity index (χ0n) is 3.69. The van der Waals surface area contributed by atoms with E-state index in [4.69, 9.17) is 1.37 Å². The van der Waals surface area contributed by atoms with Crippen molar-refractivity contribution in [1.29, 1.82) is 0 Å². The Morgan fingerprint density at radius 1 is 2.40 bits per heavy atom. The molecular weight excluding hydrogens is 68.0 g/mol. The smallest absolute Gasteiger partial charge is 0.230 e. The van der Waals surface area contributed by atoms with Gasteiger partial charge in [-0.15, -0.1) is 0 Å². The first-order valence-electron chi connectivity index (χ1n) is 1.80. The van der Waals surface area contributed by atoms with Crippen LogP contribution in [0.15, 0.2) is 0 Å². The Hall–Kier alpha value is -0.570. The number of rotatable bonds is 0. The summed E-state index contributed by atoms with van der Waals surface area (Å²) < 4.78 is 6.32. The standard InChI is InChI=1S/C2H6N2O/c1-2(5)4-3/h3H2,1H3,(H,4,5)/i1D. The molecule has 0 rings (SSSR count). The summed E-state index contributed by atoms with van der Waals surface area (Å²) in [7, 11) is 0. The van der Waals surface area contributed by atoms with Crippen molar-refractivity contribution in [3.63, 3.8) is 0 Å². The fraction of sp³-hybridized carbons (Fsp3) is 0.500. The molecule has 0 aliphatic carbocycles. The summed E-state index contributed by atoms with van der Waals surface area (Å²) in [4.78, 5) is 9.76. The van der Waals surface area contributed by atoms with Gasteiger partial charge in [-0.2, -0.15) is 0 Å². The number of hydrogen-bond acceptors (Lipinski definition) is 2. The minimum absolute atomic E-state index is 0.295. The zero-order chi connectivity index (χ0) is 4.99. The van der Waals surface area contributed by atoms with Gasteiger partial charge in [0.15, 0.2) is 0 Å². The molecule has 0 atom stereocenters. The maximum Gasteiger partial charge on any atom is 0.230 e. The lowest BCUT2D eigenvalue weighted by molar-refractivity contribution is -0.119. The van der Waals surface area contributed by atoms with E-state index in [1.54, 1.807) is 5.43 Å². The molecule has 0 aromatic rings. The van der Waals surface area contributed by atoms with Crippen molar-refractivity contribution in [1.82, 2.24) is 5.43 Å². The van der Waals surface area contributed by atoms with E-state index in [-0.39, 0.29) is 6.90 Å². The van der Waals surface area contributed by atoms with Crippen LogP contribution in [0.5, 0.6) is 0 Å². The van der Waals surface area contributed by atoms with Crippen LogP contribution in [0.4, 0.5) is 0 Å². The van der Waals surface area contributed by atoms with E-state index in [0.717, 1.165) is 0 Å². The van der Waals surface area contributed by atoms with E-state index in [9.17, 15) is 4.79 Å². The SMILES string of the molecule is [2H]CC(=O)NN. The maximum absolute atomic E-state index is 9.76. The molecule has 0 bridgehead atoms. The summed E-state index contributed by atoms with van der Waals surface area (Å²) in [6.45, 7) is -0.295. The lowest BCUT2D eigenvalue weighted by Crippen LogP contribution is -2.26. The number of carbonyl (C=O) groups is 1.